The molecule has 7 heavy (non-hydrogen) atoms. The van der Waals surface area contributed by atoms with Crippen molar-refractivity contribution in [2.24, 2.45) is 0 Å². The summed E-state index contributed by atoms with van der Waals surface area (Å²) in [5.74, 6) is -0.700. The average molecular weight is 102 g/mol. The lowest BCUT2D eigenvalue weighted by atomic mass is 10.2. The molecule has 2 nitrogen and oxygen atoms in total. The number of epoxide rings is 1. The number of hydrogen-bond acceptors (Lipinski definition) is 2. The molecule has 1 rings (SSSR count). The third-order valence-corrected chi connectivity index (χ3v) is 1.12. The summed E-state index contributed by atoms with van der Waals surface area (Å²) in [6.07, 6.45) is 1.78. The van der Waals surface area contributed by atoms with Gasteiger partial charge < -0.3 is 9.84 Å². The summed E-state index contributed by atoms with van der Waals surface area (Å²) in [4.78, 5) is 0. The highest BCUT2D eigenvalue weighted by Gasteiger charge is 2.40. The van der Waals surface area contributed by atoms with Crippen LogP contribution >= 0.6 is 0 Å². The van der Waals surface area contributed by atoms with Crippen molar-refractivity contribution in [3.63, 3.8) is 0 Å². The van der Waals surface area contributed by atoms with Crippen LogP contribution in [0.3, 0.4) is 0 Å². The Balaban J connectivity index is 2.13. The largest absolute Gasteiger partial charge is 0.364 e. The lowest BCUT2D eigenvalue weighted by Gasteiger charge is -1.96. The summed E-state index contributed by atoms with van der Waals surface area (Å²) in [6, 6.07) is 0. The quantitative estimate of drug-likeness (QED) is 0.515. The van der Waals surface area contributed by atoms with Crippen LogP contribution in [0.15, 0.2) is 0 Å². The predicted molar refractivity (Wildman–Crippen MR) is 25.8 cm³/mol. The van der Waals surface area contributed by atoms with Gasteiger partial charge in [-0.3, -0.25) is 0 Å². The van der Waals surface area contributed by atoms with Gasteiger partial charge >= 0.3 is 0 Å². The lowest BCUT2D eigenvalue weighted by molar-refractivity contribution is 0.0283. The van der Waals surface area contributed by atoms with E-state index in [9.17, 15) is 0 Å². The van der Waals surface area contributed by atoms with E-state index < -0.39 is 5.79 Å². The van der Waals surface area contributed by atoms with Crippen molar-refractivity contribution in [2.75, 3.05) is 6.61 Å². The molecular formula is C5H10O2. The Bertz CT molecular complexity index is 66.5. The Morgan fingerprint density at radius 1 is 1.86 bits per heavy atom. The summed E-state index contributed by atoms with van der Waals surface area (Å²) >= 11 is 0. The number of ether oxygens (including phenoxy) is 1. The highest BCUT2D eigenvalue weighted by Crippen LogP contribution is 2.27. The first-order chi connectivity index (χ1) is 3.27. The number of aliphatic hydroxyl groups is 1. The van der Waals surface area contributed by atoms with E-state index in [4.69, 9.17) is 9.84 Å². The van der Waals surface area contributed by atoms with Gasteiger partial charge in [-0.05, 0) is 0 Å². The highest BCUT2D eigenvalue weighted by atomic mass is 16.7. The van der Waals surface area contributed by atoms with E-state index in [0.717, 1.165) is 12.8 Å². The smallest absolute Gasteiger partial charge is 0.189 e. The Morgan fingerprint density at radius 3 is 2.57 bits per heavy atom. The van der Waals surface area contributed by atoms with Crippen LogP contribution in [-0.2, 0) is 4.74 Å². The first-order valence-corrected chi connectivity index (χ1v) is 2.63. The van der Waals surface area contributed by atoms with E-state index in [1.54, 1.807) is 0 Å². The van der Waals surface area contributed by atoms with E-state index >= 15 is 0 Å². The van der Waals surface area contributed by atoms with E-state index in [0.29, 0.717) is 6.61 Å². The van der Waals surface area contributed by atoms with Gasteiger partial charge in [0.25, 0.3) is 0 Å². The zero-order valence-electron chi connectivity index (χ0n) is 4.48. The molecular weight excluding hydrogens is 92.1 g/mol. The fourth-order valence-corrected chi connectivity index (χ4v) is 0.618. The fourth-order valence-electron chi connectivity index (χ4n) is 0.618. The molecule has 2 heteroatoms. The van der Waals surface area contributed by atoms with Crippen molar-refractivity contribution < 1.29 is 9.84 Å². The molecule has 1 heterocycles. The van der Waals surface area contributed by atoms with Crippen LogP contribution in [0.2, 0.25) is 0 Å². The standard InChI is InChI=1S/C5H10O2/c1-2-3-5(6)4-7-5/h6H,2-4H2,1H3. The molecule has 0 aromatic rings. The molecule has 1 fully saturated rings. The maximum Gasteiger partial charge on any atom is 0.189 e. The van der Waals surface area contributed by atoms with E-state index in [1.165, 1.54) is 0 Å². The summed E-state index contributed by atoms with van der Waals surface area (Å²) in [7, 11) is 0. The molecule has 1 saturated heterocycles. The van der Waals surface area contributed by atoms with Crippen LogP contribution in [0.4, 0.5) is 0 Å². The molecule has 0 bridgehead atoms. The molecule has 1 N–H and O–H groups in total. The van der Waals surface area contributed by atoms with E-state index in [-0.39, 0.29) is 0 Å². The molecule has 0 spiro atoms. The Kier molecular flexibility index (Phi) is 1.05. The van der Waals surface area contributed by atoms with Gasteiger partial charge in [-0.25, -0.2) is 0 Å². The SMILES string of the molecule is CCCC1(O)CO1. The minimum atomic E-state index is -0.700. The Hall–Kier alpha value is -0.0800. The third kappa shape index (κ3) is 1.14. The van der Waals surface area contributed by atoms with Crippen molar-refractivity contribution in [2.45, 2.75) is 25.6 Å². The molecule has 0 saturated carbocycles. The molecule has 0 aromatic heterocycles. The second kappa shape index (κ2) is 1.46. The average Bonchev–Trinajstić information content (AvgIpc) is 2.22. The molecule has 1 atom stereocenters. The summed E-state index contributed by atoms with van der Waals surface area (Å²) < 4.78 is 4.69. The van der Waals surface area contributed by atoms with E-state index in [2.05, 4.69) is 0 Å². The van der Waals surface area contributed by atoms with Gasteiger partial charge in [-0.1, -0.05) is 13.3 Å². The molecule has 0 aliphatic carbocycles. The van der Waals surface area contributed by atoms with Crippen molar-refractivity contribution >= 4 is 0 Å². The van der Waals surface area contributed by atoms with Crippen LogP contribution in [0.1, 0.15) is 19.8 Å². The molecule has 0 aromatic carbocycles. The normalized spacial score (nSPS) is 38.6. The highest BCUT2D eigenvalue weighted by molar-refractivity contribution is 4.77. The monoisotopic (exact) mass is 102 g/mol. The molecule has 1 unspecified atom stereocenters. The van der Waals surface area contributed by atoms with Crippen molar-refractivity contribution in [3.05, 3.63) is 0 Å². The minimum absolute atomic E-state index is 0.542. The van der Waals surface area contributed by atoms with Gasteiger partial charge in [-0.15, -0.1) is 0 Å². The number of hydrogen-bond donors (Lipinski definition) is 1. The van der Waals surface area contributed by atoms with Gasteiger partial charge in [0.1, 0.15) is 6.61 Å². The van der Waals surface area contributed by atoms with Crippen LogP contribution in [-0.4, -0.2) is 17.5 Å². The first-order valence-electron chi connectivity index (χ1n) is 2.63. The topological polar surface area (TPSA) is 32.8 Å². The number of rotatable bonds is 2. The summed E-state index contributed by atoms with van der Waals surface area (Å²) in [6.45, 7) is 2.57. The van der Waals surface area contributed by atoms with Gasteiger partial charge in [0.05, 0.1) is 0 Å². The van der Waals surface area contributed by atoms with Crippen LogP contribution in [0.5, 0.6) is 0 Å². The third-order valence-electron chi connectivity index (χ3n) is 1.12. The van der Waals surface area contributed by atoms with Crippen LogP contribution in [0, 0.1) is 0 Å². The van der Waals surface area contributed by atoms with Crippen molar-refractivity contribution in [1.29, 1.82) is 0 Å². The van der Waals surface area contributed by atoms with Gasteiger partial charge in [0.2, 0.25) is 0 Å². The molecule has 0 amide bonds. The second-order valence-electron chi connectivity index (χ2n) is 1.98. The maximum absolute atomic E-state index is 8.91. The van der Waals surface area contributed by atoms with E-state index in [1.807, 2.05) is 6.92 Å². The van der Waals surface area contributed by atoms with Gasteiger partial charge in [0, 0.05) is 6.42 Å². The van der Waals surface area contributed by atoms with Crippen LogP contribution in [0.25, 0.3) is 0 Å². The zero-order chi connectivity index (χ0) is 5.33. The lowest BCUT2D eigenvalue weighted by Crippen LogP contribution is -2.06. The first kappa shape index (κ1) is 5.06. The molecule has 0 radical (unpaired) electrons. The van der Waals surface area contributed by atoms with Crippen LogP contribution < -0.4 is 0 Å². The van der Waals surface area contributed by atoms with Gasteiger partial charge in [-0.2, -0.15) is 0 Å². The Morgan fingerprint density at radius 2 is 2.43 bits per heavy atom. The van der Waals surface area contributed by atoms with Crippen molar-refractivity contribution in [1.82, 2.24) is 0 Å². The van der Waals surface area contributed by atoms with Crippen molar-refractivity contribution in [3.8, 4) is 0 Å². The molecule has 42 valence electrons. The summed E-state index contributed by atoms with van der Waals surface area (Å²) in [5.41, 5.74) is 0. The molecule has 1 aliphatic rings. The maximum atomic E-state index is 8.91. The van der Waals surface area contributed by atoms with Gasteiger partial charge in [0.15, 0.2) is 5.79 Å². The second-order valence-corrected chi connectivity index (χ2v) is 1.98. The molecule has 1 aliphatic heterocycles. The fraction of sp³-hybridized carbons (Fsp3) is 1.00. The Labute approximate surface area is 43.1 Å². The summed E-state index contributed by atoms with van der Waals surface area (Å²) in [5, 5.41) is 8.91. The minimum Gasteiger partial charge on any atom is -0.364 e. The predicted octanol–water partition coefficient (Wildman–Crippen LogP) is 0.505. The zero-order valence-corrected chi connectivity index (χ0v) is 4.48.